The van der Waals surface area contributed by atoms with Crippen LogP contribution in [0.1, 0.15) is 32.6 Å². The predicted molar refractivity (Wildman–Crippen MR) is 112 cm³/mol. The lowest BCUT2D eigenvalue weighted by Gasteiger charge is -2.12. The number of carbonyl (C=O) groups is 1. The van der Waals surface area contributed by atoms with Crippen LogP contribution in [0.15, 0.2) is 42.7 Å². The standard InChI is InChI=1S/C22H26N4O3/c1-2-28-19-10-9-15(12-17(19)23)18-13-26-11-5-8-20(22(26)25-18)29-14-21(27)24-16-6-3-4-7-16/h5,8-13,16H,2-4,6-7,14,23H2,1H3,(H,24,27). The number of nitrogens with zero attached hydrogens (tertiary/aromatic N) is 2. The number of hydrogen-bond donors (Lipinski definition) is 2. The number of amides is 1. The van der Waals surface area contributed by atoms with Crippen LogP contribution in [0.4, 0.5) is 5.69 Å². The van der Waals surface area contributed by atoms with Crippen molar-refractivity contribution in [1.82, 2.24) is 14.7 Å². The molecule has 2 aromatic heterocycles. The molecule has 0 atom stereocenters. The third kappa shape index (κ3) is 4.29. The van der Waals surface area contributed by atoms with E-state index < -0.39 is 0 Å². The summed E-state index contributed by atoms with van der Waals surface area (Å²) in [7, 11) is 0. The highest BCUT2D eigenvalue weighted by Gasteiger charge is 2.18. The van der Waals surface area contributed by atoms with E-state index in [0.717, 1.165) is 24.1 Å². The van der Waals surface area contributed by atoms with Gasteiger partial charge < -0.3 is 24.9 Å². The second-order valence-corrected chi connectivity index (χ2v) is 7.25. The van der Waals surface area contributed by atoms with Gasteiger partial charge in [-0.1, -0.05) is 12.8 Å². The molecule has 1 saturated carbocycles. The van der Waals surface area contributed by atoms with Gasteiger partial charge in [-0.05, 0) is 50.1 Å². The summed E-state index contributed by atoms with van der Waals surface area (Å²) in [6.45, 7) is 2.46. The van der Waals surface area contributed by atoms with Crippen LogP contribution in [0, 0.1) is 0 Å². The van der Waals surface area contributed by atoms with E-state index in [1.54, 1.807) is 0 Å². The summed E-state index contributed by atoms with van der Waals surface area (Å²) in [4.78, 5) is 16.9. The van der Waals surface area contributed by atoms with E-state index in [1.807, 2.05) is 54.0 Å². The van der Waals surface area contributed by atoms with E-state index in [0.29, 0.717) is 29.4 Å². The highest BCUT2D eigenvalue weighted by atomic mass is 16.5. The van der Waals surface area contributed by atoms with Crippen molar-refractivity contribution in [2.75, 3.05) is 18.9 Å². The van der Waals surface area contributed by atoms with Gasteiger partial charge in [0.2, 0.25) is 0 Å². The van der Waals surface area contributed by atoms with Crippen LogP contribution in [0.5, 0.6) is 11.5 Å². The minimum Gasteiger partial charge on any atom is -0.492 e. The molecule has 1 fully saturated rings. The average molecular weight is 394 g/mol. The molecular weight excluding hydrogens is 368 g/mol. The zero-order chi connectivity index (χ0) is 20.2. The molecule has 0 bridgehead atoms. The molecular formula is C22H26N4O3. The Balaban J connectivity index is 1.51. The molecule has 2 heterocycles. The number of anilines is 1. The normalized spacial score (nSPS) is 14.2. The number of nitrogens with one attached hydrogen (secondary N) is 1. The van der Waals surface area contributed by atoms with E-state index in [4.69, 9.17) is 20.2 Å². The highest BCUT2D eigenvalue weighted by Crippen LogP contribution is 2.30. The maximum Gasteiger partial charge on any atom is 0.258 e. The number of benzene rings is 1. The monoisotopic (exact) mass is 394 g/mol. The van der Waals surface area contributed by atoms with Gasteiger partial charge in [-0.15, -0.1) is 0 Å². The van der Waals surface area contributed by atoms with Crippen molar-refractivity contribution < 1.29 is 14.3 Å². The maximum absolute atomic E-state index is 12.2. The Kier molecular flexibility index (Phi) is 5.55. The Morgan fingerprint density at radius 1 is 1.24 bits per heavy atom. The van der Waals surface area contributed by atoms with E-state index in [2.05, 4.69) is 5.32 Å². The molecule has 0 aliphatic heterocycles. The number of nitrogens with two attached hydrogens (primary N) is 1. The molecule has 0 spiro atoms. The molecule has 1 aliphatic carbocycles. The van der Waals surface area contributed by atoms with Crippen LogP contribution < -0.4 is 20.5 Å². The zero-order valence-electron chi connectivity index (χ0n) is 16.6. The molecule has 7 nitrogen and oxygen atoms in total. The van der Waals surface area contributed by atoms with Crippen molar-refractivity contribution in [2.45, 2.75) is 38.6 Å². The van der Waals surface area contributed by atoms with Crippen LogP contribution in [-0.2, 0) is 4.79 Å². The number of ether oxygens (including phenoxy) is 2. The van der Waals surface area contributed by atoms with Gasteiger partial charge in [-0.2, -0.15) is 0 Å². The molecule has 0 radical (unpaired) electrons. The van der Waals surface area contributed by atoms with Crippen LogP contribution in [-0.4, -0.2) is 34.5 Å². The topological polar surface area (TPSA) is 90.9 Å². The zero-order valence-corrected chi connectivity index (χ0v) is 16.6. The Morgan fingerprint density at radius 3 is 2.83 bits per heavy atom. The van der Waals surface area contributed by atoms with Gasteiger partial charge in [-0.3, -0.25) is 4.79 Å². The van der Waals surface area contributed by atoms with Crippen LogP contribution >= 0.6 is 0 Å². The summed E-state index contributed by atoms with van der Waals surface area (Å²) >= 11 is 0. The van der Waals surface area contributed by atoms with Crippen molar-refractivity contribution in [3.63, 3.8) is 0 Å². The summed E-state index contributed by atoms with van der Waals surface area (Å²) in [5, 5.41) is 3.03. The van der Waals surface area contributed by atoms with Crippen molar-refractivity contribution in [1.29, 1.82) is 0 Å². The first-order valence-corrected chi connectivity index (χ1v) is 10.1. The lowest BCUT2D eigenvalue weighted by atomic mass is 10.1. The summed E-state index contributed by atoms with van der Waals surface area (Å²) in [6.07, 6.45) is 8.27. The number of fused-ring (bicyclic) bond motifs is 1. The molecule has 1 amide bonds. The Bertz CT molecular complexity index is 1010. The molecule has 1 aliphatic rings. The summed E-state index contributed by atoms with van der Waals surface area (Å²) in [5.74, 6) is 1.14. The molecule has 4 rings (SSSR count). The molecule has 29 heavy (non-hydrogen) atoms. The smallest absolute Gasteiger partial charge is 0.258 e. The third-order valence-corrected chi connectivity index (χ3v) is 5.13. The molecule has 0 saturated heterocycles. The van der Waals surface area contributed by atoms with Crippen molar-refractivity contribution in [3.05, 3.63) is 42.7 Å². The van der Waals surface area contributed by atoms with Crippen molar-refractivity contribution in [2.24, 2.45) is 0 Å². The fourth-order valence-corrected chi connectivity index (χ4v) is 3.72. The lowest BCUT2D eigenvalue weighted by molar-refractivity contribution is -0.123. The Labute approximate surface area is 169 Å². The summed E-state index contributed by atoms with van der Waals surface area (Å²) in [6, 6.07) is 9.60. The minimum atomic E-state index is -0.0926. The number of imidazole rings is 1. The van der Waals surface area contributed by atoms with E-state index in [9.17, 15) is 4.79 Å². The predicted octanol–water partition coefficient (Wildman–Crippen LogP) is 3.42. The average Bonchev–Trinajstić information content (AvgIpc) is 3.37. The highest BCUT2D eigenvalue weighted by molar-refractivity contribution is 5.78. The lowest BCUT2D eigenvalue weighted by Crippen LogP contribution is -2.36. The van der Waals surface area contributed by atoms with Crippen LogP contribution in [0.25, 0.3) is 16.9 Å². The first kappa shape index (κ1) is 19.1. The Morgan fingerprint density at radius 2 is 2.07 bits per heavy atom. The van der Waals surface area contributed by atoms with Crippen molar-refractivity contribution in [3.8, 4) is 22.8 Å². The quantitative estimate of drug-likeness (QED) is 0.599. The minimum absolute atomic E-state index is 0.0195. The van der Waals surface area contributed by atoms with Crippen LogP contribution in [0.3, 0.4) is 0 Å². The molecule has 3 aromatic rings. The van der Waals surface area contributed by atoms with Crippen molar-refractivity contribution >= 4 is 17.2 Å². The maximum atomic E-state index is 12.2. The molecule has 0 unspecified atom stereocenters. The number of rotatable bonds is 7. The number of aromatic nitrogens is 2. The SMILES string of the molecule is CCOc1ccc(-c2cn3cccc(OCC(=O)NC4CCCC4)c3n2)cc1N. The van der Waals surface area contributed by atoms with Gasteiger partial charge >= 0.3 is 0 Å². The first-order chi connectivity index (χ1) is 14.1. The number of pyridine rings is 1. The molecule has 3 N–H and O–H groups in total. The molecule has 152 valence electrons. The fraction of sp³-hybridized carbons (Fsp3) is 0.364. The van der Waals surface area contributed by atoms with Gasteiger partial charge in [0.25, 0.3) is 5.91 Å². The van der Waals surface area contributed by atoms with Gasteiger partial charge in [0.1, 0.15) is 5.75 Å². The van der Waals surface area contributed by atoms with Gasteiger partial charge in [0.05, 0.1) is 18.0 Å². The van der Waals surface area contributed by atoms with E-state index in [1.165, 1.54) is 12.8 Å². The summed E-state index contributed by atoms with van der Waals surface area (Å²) in [5.41, 5.74) is 8.97. The molecule has 1 aromatic carbocycles. The summed E-state index contributed by atoms with van der Waals surface area (Å²) < 4.78 is 13.2. The van der Waals surface area contributed by atoms with Gasteiger partial charge in [-0.25, -0.2) is 4.98 Å². The first-order valence-electron chi connectivity index (χ1n) is 10.1. The van der Waals surface area contributed by atoms with Crippen LogP contribution in [0.2, 0.25) is 0 Å². The second kappa shape index (κ2) is 8.43. The van der Waals surface area contributed by atoms with E-state index in [-0.39, 0.29) is 18.6 Å². The second-order valence-electron chi connectivity index (χ2n) is 7.25. The molecule has 7 heteroatoms. The van der Waals surface area contributed by atoms with Gasteiger partial charge in [0.15, 0.2) is 18.0 Å². The Hall–Kier alpha value is -3.22. The fourth-order valence-electron chi connectivity index (χ4n) is 3.72. The number of nitrogen functional groups attached to an aromatic ring is 1. The number of hydrogen-bond acceptors (Lipinski definition) is 5. The van der Waals surface area contributed by atoms with Gasteiger partial charge in [0, 0.05) is 24.0 Å². The van der Waals surface area contributed by atoms with E-state index >= 15 is 0 Å². The number of carbonyl (C=O) groups excluding carboxylic acids is 1. The largest absolute Gasteiger partial charge is 0.492 e. The third-order valence-electron chi connectivity index (χ3n) is 5.13.